The third kappa shape index (κ3) is 19.5. The molecule has 0 rings (SSSR count). The van der Waals surface area contributed by atoms with Gasteiger partial charge in [-0.25, -0.2) is 0 Å². The molecule has 0 amide bonds. The highest BCUT2D eigenvalue weighted by Crippen LogP contribution is 2.13. The Morgan fingerprint density at radius 2 is 0.769 bits per heavy atom. The fraction of sp³-hybridized carbons (Fsp3) is 0.913. The van der Waals surface area contributed by atoms with Crippen LogP contribution in [0.3, 0.4) is 0 Å². The number of hydrogen-bond acceptors (Lipinski definition) is 3. The summed E-state index contributed by atoms with van der Waals surface area (Å²) in [5, 5.41) is 0. The maximum Gasteiger partial charge on any atom is 0.313 e. The van der Waals surface area contributed by atoms with Crippen LogP contribution in [0, 0.1) is 0 Å². The summed E-state index contributed by atoms with van der Waals surface area (Å²) in [6, 6.07) is 0. The molecule has 0 heterocycles. The van der Waals surface area contributed by atoms with E-state index in [0.717, 1.165) is 25.7 Å². The largest absolute Gasteiger partial charge is 0.393 e. The van der Waals surface area contributed by atoms with E-state index in [4.69, 9.17) is 4.74 Å². The van der Waals surface area contributed by atoms with Crippen LogP contribution >= 0.6 is 0 Å². The van der Waals surface area contributed by atoms with Crippen LogP contribution in [0.1, 0.15) is 136 Å². The van der Waals surface area contributed by atoms with Gasteiger partial charge >= 0.3 is 11.9 Å². The quantitative estimate of drug-likeness (QED) is 0.135. The van der Waals surface area contributed by atoms with Crippen LogP contribution in [0.2, 0.25) is 0 Å². The van der Waals surface area contributed by atoms with Crippen LogP contribution in [-0.4, -0.2) is 11.9 Å². The van der Waals surface area contributed by atoms with Crippen LogP contribution in [-0.2, 0) is 14.3 Å². The van der Waals surface area contributed by atoms with E-state index in [2.05, 4.69) is 6.92 Å². The van der Waals surface area contributed by atoms with Gasteiger partial charge in [0.2, 0.25) is 0 Å². The molecular formula is C23H44O3. The molecule has 0 aliphatic rings. The zero-order valence-electron chi connectivity index (χ0n) is 17.7. The lowest BCUT2D eigenvalue weighted by Crippen LogP contribution is -2.11. The number of ether oxygens (including phenoxy) is 1. The molecule has 0 spiro atoms. The lowest BCUT2D eigenvalue weighted by atomic mass is 10.0. The molecular weight excluding hydrogens is 324 g/mol. The molecule has 0 saturated heterocycles. The van der Waals surface area contributed by atoms with E-state index in [-0.39, 0.29) is 11.9 Å². The fourth-order valence-corrected chi connectivity index (χ4v) is 3.19. The summed E-state index contributed by atoms with van der Waals surface area (Å²) in [6.45, 7) is 4.29. The first-order chi connectivity index (χ1) is 12.7. The summed E-state index contributed by atoms with van der Waals surface area (Å²) in [5.41, 5.74) is 0. The van der Waals surface area contributed by atoms with Crippen molar-refractivity contribution in [1.82, 2.24) is 0 Å². The van der Waals surface area contributed by atoms with Crippen molar-refractivity contribution in [2.24, 2.45) is 0 Å². The number of carbonyl (C=O) groups is 2. The zero-order chi connectivity index (χ0) is 19.3. The van der Waals surface area contributed by atoms with Gasteiger partial charge in [-0.2, -0.15) is 0 Å². The molecule has 0 aromatic rings. The Labute approximate surface area is 162 Å². The van der Waals surface area contributed by atoms with E-state index < -0.39 is 0 Å². The Kier molecular flexibility index (Phi) is 19.8. The molecule has 154 valence electrons. The first-order valence-electron chi connectivity index (χ1n) is 11.4. The Morgan fingerprint density at radius 3 is 1.15 bits per heavy atom. The number of carbonyl (C=O) groups excluding carboxylic acids is 2. The van der Waals surface area contributed by atoms with Crippen molar-refractivity contribution >= 4 is 11.9 Å². The first-order valence-corrected chi connectivity index (χ1v) is 11.4. The fourth-order valence-electron chi connectivity index (χ4n) is 3.19. The predicted octanol–water partition coefficient (Wildman–Crippen LogP) is 7.51. The minimum absolute atomic E-state index is 0.346. The Hall–Kier alpha value is -0.860. The smallest absolute Gasteiger partial charge is 0.313 e. The molecule has 0 aliphatic carbocycles. The van der Waals surface area contributed by atoms with Crippen LogP contribution in [0.4, 0.5) is 0 Å². The third-order valence-electron chi connectivity index (χ3n) is 4.95. The van der Waals surface area contributed by atoms with Crippen molar-refractivity contribution < 1.29 is 14.3 Å². The summed E-state index contributed by atoms with van der Waals surface area (Å²) in [5.74, 6) is -0.710. The normalized spacial score (nSPS) is 10.8. The van der Waals surface area contributed by atoms with Crippen molar-refractivity contribution in [3.05, 3.63) is 0 Å². The second-order valence-corrected chi connectivity index (χ2v) is 7.65. The van der Waals surface area contributed by atoms with Crippen molar-refractivity contribution in [3.8, 4) is 0 Å². The predicted molar refractivity (Wildman–Crippen MR) is 110 cm³/mol. The Balaban J connectivity index is 3.19. The highest BCUT2D eigenvalue weighted by Gasteiger charge is 2.09. The average molecular weight is 369 g/mol. The van der Waals surface area contributed by atoms with Gasteiger partial charge in [-0.3, -0.25) is 9.59 Å². The minimum Gasteiger partial charge on any atom is -0.393 e. The number of esters is 2. The number of unbranched alkanes of at least 4 members (excludes halogenated alkanes) is 15. The van der Waals surface area contributed by atoms with Gasteiger partial charge in [0.1, 0.15) is 0 Å². The summed E-state index contributed by atoms with van der Waals surface area (Å²) in [4.78, 5) is 22.8. The molecule has 0 aliphatic heterocycles. The molecule has 0 N–H and O–H groups in total. The maximum absolute atomic E-state index is 11.5. The first kappa shape index (κ1) is 25.1. The minimum atomic E-state index is -0.363. The lowest BCUT2D eigenvalue weighted by Gasteiger charge is -2.04. The van der Waals surface area contributed by atoms with Gasteiger partial charge in [0.25, 0.3) is 0 Å². The van der Waals surface area contributed by atoms with Crippen LogP contribution in [0.5, 0.6) is 0 Å². The van der Waals surface area contributed by atoms with Crippen LogP contribution < -0.4 is 0 Å². The van der Waals surface area contributed by atoms with E-state index in [1.807, 2.05) is 6.92 Å². The molecule has 0 fully saturated rings. The van der Waals surface area contributed by atoms with Crippen molar-refractivity contribution in [1.29, 1.82) is 0 Å². The molecule has 0 radical (unpaired) electrons. The molecule has 0 aromatic carbocycles. The third-order valence-corrected chi connectivity index (χ3v) is 4.95. The molecule has 0 aromatic heterocycles. The van der Waals surface area contributed by atoms with Gasteiger partial charge in [-0.1, -0.05) is 110 Å². The highest BCUT2D eigenvalue weighted by atomic mass is 16.6. The Bertz CT molecular complexity index is 325. The maximum atomic E-state index is 11.5. The molecule has 3 nitrogen and oxygen atoms in total. The van der Waals surface area contributed by atoms with Crippen molar-refractivity contribution in [2.45, 2.75) is 136 Å². The topological polar surface area (TPSA) is 43.4 Å². The van der Waals surface area contributed by atoms with Gasteiger partial charge in [-0.05, 0) is 12.8 Å². The second kappa shape index (κ2) is 20.5. The molecule has 26 heavy (non-hydrogen) atoms. The molecule has 0 unspecified atom stereocenters. The van der Waals surface area contributed by atoms with Crippen LogP contribution in [0.25, 0.3) is 0 Å². The van der Waals surface area contributed by atoms with E-state index in [1.54, 1.807) is 0 Å². The van der Waals surface area contributed by atoms with Gasteiger partial charge in [0, 0.05) is 12.8 Å². The summed E-state index contributed by atoms with van der Waals surface area (Å²) < 4.78 is 4.79. The van der Waals surface area contributed by atoms with E-state index in [1.165, 1.54) is 83.5 Å². The standard InChI is InChI=1S/C23H44O3/c1-3-5-7-8-9-10-11-12-13-14-15-16-17-18-19-21-23(25)26-22(24)20-6-4-2/h3-21H2,1-2H3. The lowest BCUT2D eigenvalue weighted by molar-refractivity contribution is -0.159. The van der Waals surface area contributed by atoms with Crippen molar-refractivity contribution in [2.75, 3.05) is 0 Å². The summed E-state index contributed by atoms with van der Waals surface area (Å²) in [6.07, 6.45) is 22.1. The second-order valence-electron chi connectivity index (χ2n) is 7.65. The van der Waals surface area contributed by atoms with Gasteiger partial charge in [0.15, 0.2) is 0 Å². The van der Waals surface area contributed by atoms with E-state index in [0.29, 0.717) is 12.8 Å². The van der Waals surface area contributed by atoms with Crippen molar-refractivity contribution in [3.63, 3.8) is 0 Å². The van der Waals surface area contributed by atoms with E-state index in [9.17, 15) is 9.59 Å². The monoisotopic (exact) mass is 368 g/mol. The zero-order valence-corrected chi connectivity index (χ0v) is 17.7. The van der Waals surface area contributed by atoms with Gasteiger partial charge in [0.05, 0.1) is 0 Å². The molecule has 0 saturated carbocycles. The Morgan fingerprint density at radius 1 is 0.462 bits per heavy atom. The highest BCUT2D eigenvalue weighted by molar-refractivity contribution is 5.85. The molecule has 3 heteroatoms. The SMILES string of the molecule is CCCCCCCCCCCCCCCCCC(=O)OC(=O)CCCC. The molecule has 0 bridgehead atoms. The van der Waals surface area contributed by atoms with E-state index >= 15 is 0 Å². The van der Waals surface area contributed by atoms with Gasteiger partial charge in [-0.15, -0.1) is 0 Å². The van der Waals surface area contributed by atoms with Crippen LogP contribution in [0.15, 0.2) is 0 Å². The summed E-state index contributed by atoms with van der Waals surface area (Å²) >= 11 is 0. The summed E-state index contributed by atoms with van der Waals surface area (Å²) in [7, 11) is 0. The number of rotatable bonds is 19. The molecule has 0 atom stereocenters. The van der Waals surface area contributed by atoms with Gasteiger partial charge < -0.3 is 4.74 Å². The average Bonchev–Trinajstić information content (AvgIpc) is 2.63. The number of hydrogen-bond donors (Lipinski definition) is 0.